The molecular weight excluding hydrogens is 336 g/mol. The van der Waals surface area contributed by atoms with Gasteiger partial charge in [-0.1, -0.05) is 48.5 Å². The average Bonchev–Trinajstić information content (AvgIpc) is 3.24. The molecule has 1 aliphatic rings. The fraction of sp³-hybridized carbons (Fsp3) is 0.273. The lowest BCUT2D eigenvalue weighted by molar-refractivity contribution is -0.120. The minimum absolute atomic E-state index is 0.00425. The van der Waals surface area contributed by atoms with Crippen molar-refractivity contribution in [2.45, 2.75) is 25.4 Å². The Labute approximate surface area is 159 Å². The zero-order valence-corrected chi connectivity index (χ0v) is 15.7. The van der Waals surface area contributed by atoms with Crippen LogP contribution < -0.4 is 10.2 Å². The molecule has 1 N–H and O–H groups in total. The number of nitrogens with one attached hydrogen (secondary N) is 1. The lowest BCUT2D eigenvalue weighted by Crippen LogP contribution is -2.42. The number of carbonyl (C=O) groups excluding carboxylic acids is 1. The van der Waals surface area contributed by atoms with Gasteiger partial charge < -0.3 is 14.8 Å². The van der Waals surface area contributed by atoms with E-state index < -0.39 is 0 Å². The molecule has 5 nitrogen and oxygen atoms in total. The maximum absolute atomic E-state index is 13.0. The fourth-order valence-corrected chi connectivity index (χ4v) is 3.83. The van der Waals surface area contributed by atoms with E-state index in [-0.39, 0.29) is 11.9 Å². The van der Waals surface area contributed by atoms with Crippen LogP contribution in [0.2, 0.25) is 0 Å². The van der Waals surface area contributed by atoms with Crippen LogP contribution in [0.3, 0.4) is 0 Å². The third-order valence-electron chi connectivity index (χ3n) is 5.22. The van der Waals surface area contributed by atoms with Crippen LogP contribution in [-0.4, -0.2) is 28.0 Å². The molecule has 0 aliphatic carbocycles. The van der Waals surface area contributed by atoms with Gasteiger partial charge in [-0.15, -0.1) is 0 Å². The first kappa shape index (κ1) is 17.3. The zero-order chi connectivity index (χ0) is 18.8. The van der Waals surface area contributed by atoms with E-state index in [2.05, 4.69) is 40.3 Å². The summed E-state index contributed by atoms with van der Waals surface area (Å²) in [5, 5.41) is 3.19. The molecule has 1 amide bonds. The predicted molar refractivity (Wildman–Crippen MR) is 107 cm³/mol. The molecule has 2 heterocycles. The van der Waals surface area contributed by atoms with Crippen LogP contribution in [0, 0.1) is 0 Å². The SMILES string of the molecule is CC1Cc2ccccc2N1CC(=O)NC(c1ccccc1)c1nccn1C. The van der Waals surface area contributed by atoms with Gasteiger partial charge in [0, 0.05) is 31.2 Å². The van der Waals surface area contributed by atoms with E-state index in [1.165, 1.54) is 5.56 Å². The van der Waals surface area contributed by atoms with Gasteiger partial charge in [0.25, 0.3) is 0 Å². The van der Waals surface area contributed by atoms with Gasteiger partial charge in [0.1, 0.15) is 11.9 Å². The molecule has 2 aromatic carbocycles. The number of hydrogen-bond donors (Lipinski definition) is 1. The summed E-state index contributed by atoms with van der Waals surface area (Å²) in [6.45, 7) is 2.51. The molecular formula is C22H24N4O. The van der Waals surface area contributed by atoms with Gasteiger partial charge in [-0.25, -0.2) is 4.98 Å². The zero-order valence-electron chi connectivity index (χ0n) is 15.7. The molecule has 4 rings (SSSR count). The number of aryl methyl sites for hydroxylation is 1. The molecule has 5 heteroatoms. The van der Waals surface area contributed by atoms with E-state index in [0.717, 1.165) is 23.5 Å². The average molecular weight is 360 g/mol. The van der Waals surface area contributed by atoms with Crippen molar-refractivity contribution in [3.63, 3.8) is 0 Å². The summed E-state index contributed by atoms with van der Waals surface area (Å²) >= 11 is 0. The molecule has 3 aromatic rings. The topological polar surface area (TPSA) is 50.2 Å². The monoisotopic (exact) mass is 360 g/mol. The van der Waals surface area contributed by atoms with E-state index in [9.17, 15) is 4.79 Å². The Balaban J connectivity index is 1.55. The Morgan fingerprint density at radius 2 is 1.93 bits per heavy atom. The molecule has 138 valence electrons. The number of para-hydroxylation sites is 1. The molecule has 1 aliphatic heterocycles. The van der Waals surface area contributed by atoms with Crippen molar-refractivity contribution in [3.05, 3.63) is 83.9 Å². The summed E-state index contributed by atoms with van der Waals surface area (Å²) < 4.78 is 1.95. The number of benzene rings is 2. The lowest BCUT2D eigenvalue weighted by atomic mass is 10.1. The van der Waals surface area contributed by atoms with Crippen molar-refractivity contribution in [2.24, 2.45) is 7.05 Å². The number of amides is 1. The lowest BCUT2D eigenvalue weighted by Gasteiger charge is -2.26. The van der Waals surface area contributed by atoms with Crippen LogP contribution in [0.1, 0.15) is 29.9 Å². The maximum atomic E-state index is 13.0. The van der Waals surface area contributed by atoms with Crippen molar-refractivity contribution in [1.82, 2.24) is 14.9 Å². The van der Waals surface area contributed by atoms with Crippen molar-refractivity contribution in [1.29, 1.82) is 0 Å². The highest BCUT2D eigenvalue weighted by Crippen LogP contribution is 2.31. The van der Waals surface area contributed by atoms with Crippen LogP contribution in [0.5, 0.6) is 0 Å². The summed E-state index contributed by atoms with van der Waals surface area (Å²) in [7, 11) is 1.95. The van der Waals surface area contributed by atoms with E-state index in [1.54, 1.807) is 6.20 Å². The first-order valence-corrected chi connectivity index (χ1v) is 9.29. The van der Waals surface area contributed by atoms with Gasteiger partial charge in [-0.3, -0.25) is 4.79 Å². The molecule has 0 spiro atoms. The smallest absolute Gasteiger partial charge is 0.240 e. The largest absolute Gasteiger partial charge is 0.359 e. The van der Waals surface area contributed by atoms with Crippen LogP contribution in [0.25, 0.3) is 0 Å². The Morgan fingerprint density at radius 1 is 1.19 bits per heavy atom. The second kappa shape index (κ2) is 7.27. The van der Waals surface area contributed by atoms with Crippen LogP contribution in [0.15, 0.2) is 67.0 Å². The Morgan fingerprint density at radius 3 is 2.67 bits per heavy atom. The summed E-state index contributed by atoms with van der Waals surface area (Å²) in [6.07, 6.45) is 4.64. The number of rotatable bonds is 5. The second-order valence-electron chi connectivity index (χ2n) is 7.12. The minimum Gasteiger partial charge on any atom is -0.359 e. The molecule has 27 heavy (non-hydrogen) atoms. The summed E-state index contributed by atoms with van der Waals surface area (Å²) in [5.41, 5.74) is 3.49. The molecule has 0 saturated heterocycles. The van der Waals surface area contributed by atoms with Gasteiger partial charge in [0.05, 0.1) is 6.54 Å². The van der Waals surface area contributed by atoms with E-state index in [1.807, 2.05) is 54.2 Å². The summed E-state index contributed by atoms with van der Waals surface area (Å²) in [4.78, 5) is 19.6. The minimum atomic E-state index is -0.271. The van der Waals surface area contributed by atoms with Gasteiger partial charge in [-0.05, 0) is 30.5 Å². The van der Waals surface area contributed by atoms with E-state index in [4.69, 9.17) is 0 Å². The highest BCUT2D eigenvalue weighted by atomic mass is 16.2. The normalized spacial score (nSPS) is 16.8. The molecule has 2 unspecified atom stereocenters. The Hall–Kier alpha value is -3.08. The highest BCUT2D eigenvalue weighted by molar-refractivity contribution is 5.83. The number of anilines is 1. The Kier molecular flexibility index (Phi) is 4.67. The number of imidazole rings is 1. The van der Waals surface area contributed by atoms with E-state index in [0.29, 0.717) is 12.6 Å². The number of aromatic nitrogens is 2. The van der Waals surface area contributed by atoms with Gasteiger partial charge in [-0.2, -0.15) is 0 Å². The van der Waals surface area contributed by atoms with Crippen molar-refractivity contribution >= 4 is 11.6 Å². The maximum Gasteiger partial charge on any atom is 0.240 e. The summed E-state index contributed by atoms with van der Waals surface area (Å²) in [6, 6.07) is 18.4. The first-order chi connectivity index (χ1) is 13.1. The first-order valence-electron chi connectivity index (χ1n) is 9.29. The number of carbonyl (C=O) groups is 1. The number of fused-ring (bicyclic) bond motifs is 1. The molecule has 2 atom stereocenters. The van der Waals surface area contributed by atoms with E-state index >= 15 is 0 Å². The summed E-state index contributed by atoms with van der Waals surface area (Å²) in [5.74, 6) is 0.819. The van der Waals surface area contributed by atoms with Crippen LogP contribution in [-0.2, 0) is 18.3 Å². The molecule has 1 aromatic heterocycles. The predicted octanol–water partition coefficient (Wildman–Crippen LogP) is 3.08. The van der Waals surface area contributed by atoms with Gasteiger partial charge in [0.15, 0.2) is 0 Å². The number of hydrogen-bond acceptors (Lipinski definition) is 3. The third-order valence-corrected chi connectivity index (χ3v) is 5.22. The second-order valence-corrected chi connectivity index (χ2v) is 7.12. The molecule has 0 bridgehead atoms. The fourth-order valence-electron chi connectivity index (χ4n) is 3.83. The van der Waals surface area contributed by atoms with Crippen molar-refractivity contribution < 1.29 is 4.79 Å². The third kappa shape index (κ3) is 3.45. The molecule has 0 fully saturated rings. The highest BCUT2D eigenvalue weighted by Gasteiger charge is 2.28. The quantitative estimate of drug-likeness (QED) is 0.761. The molecule has 0 radical (unpaired) electrons. The van der Waals surface area contributed by atoms with Crippen LogP contribution >= 0.6 is 0 Å². The van der Waals surface area contributed by atoms with Gasteiger partial charge in [0.2, 0.25) is 5.91 Å². The number of nitrogens with zero attached hydrogens (tertiary/aromatic N) is 3. The Bertz CT molecular complexity index is 934. The standard InChI is InChI=1S/C22H24N4O/c1-16-14-18-10-6-7-11-19(18)26(16)15-20(27)24-21(17-8-4-3-5-9-17)22-23-12-13-25(22)2/h3-13,16,21H,14-15H2,1-2H3,(H,24,27). The van der Waals surface area contributed by atoms with Gasteiger partial charge >= 0.3 is 0 Å². The van der Waals surface area contributed by atoms with Crippen LogP contribution in [0.4, 0.5) is 5.69 Å². The van der Waals surface area contributed by atoms with Crippen molar-refractivity contribution in [2.75, 3.05) is 11.4 Å². The van der Waals surface area contributed by atoms with Crippen molar-refractivity contribution in [3.8, 4) is 0 Å². The molecule has 0 saturated carbocycles.